The summed E-state index contributed by atoms with van der Waals surface area (Å²) in [6.07, 6.45) is 0.746. The van der Waals surface area contributed by atoms with Gasteiger partial charge in [0.05, 0.1) is 5.56 Å². The molecule has 0 bridgehead atoms. The summed E-state index contributed by atoms with van der Waals surface area (Å²) < 4.78 is 5.62. The largest absolute Gasteiger partial charge is 0.457 e. The number of carbonyl (C=O) groups is 1. The Bertz CT molecular complexity index is 442. The van der Waals surface area contributed by atoms with Crippen LogP contribution in [-0.2, 0) is 4.74 Å². The van der Waals surface area contributed by atoms with E-state index in [1.165, 1.54) is 0 Å². The number of benzene rings is 1. The molecule has 0 amide bonds. The lowest BCUT2D eigenvalue weighted by Gasteiger charge is -2.24. The van der Waals surface area contributed by atoms with Gasteiger partial charge in [0.1, 0.15) is 6.10 Å². The predicted octanol–water partition coefficient (Wildman–Crippen LogP) is 2.85. The van der Waals surface area contributed by atoms with Gasteiger partial charge in [-0.2, -0.15) is 0 Å². The van der Waals surface area contributed by atoms with E-state index in [9.17, 15) is 4.79 Å². The van der Waals surface area contributed by atoms with Crippen LogP contribution in [0.5, 0.6) is 0 Å². The lowest BCUT2D eigenvalue weighted by molar-refractivity contribution is 0.0200. The Morgan fingerprint density at radius 3 is 2.45 bits per heavy atom. The second kappa shape index (κ2) is 7.90. The molecule has 0 saturated heterocycles. The number of nitrogen functional groups attached to an aromatic ring is 1. The zero-order valence-corrected chi connectivity index (χ0v) is 13.0. The van der Waals surface area contributed by atoms with Gasteiger partial charge >= 0.3 is 5.97 Å². The maximum atomic E-state index is 12.2. The lowest BCUT2D eigenvalue weighted by atomic mass is 10.1. The molecule has 0 fully saturated rings. The number of nitrogens with two attached hydrogens (primary N) is 1. The standard InChI is InChI=1S/C16H26N2O2/c1-5-14(11-18(6-2)7-3)20-16(19)15-9-8-13(17)10-12(15)4/h8-10,14H,5-7,11,17H2,1-4H3. The van der Waals surface area contributed by atoms with Crippen LogP contribution in [0, 0.1) is 6.92 Å². The Hall–Kier alpha value is -1.55. The summed E-state index contributed by atoms with van der Waals surface area (Å²) in [5.41, 5.74) is 7.81. The van der Waals surface area contributed by atoms with Crippen molar-refractivity contribution in [2.24, 2.45) is 0 Å². The maximum Gasteiger partial charge on any atom is 0.338 e. The first-order valence-corrected chi connectivity index (χ1v) is 7.31. The highest BCUT2D eigenvalue weighted by molar-refractivity contribution is 5.91. The van der Waals surface area contributed by atoms with Gasteiger partial charge in [-0.25, -0.2) is 4.79 Å². The molecule has 0 saturated carbocycles. The third kappa shape index (κ3) is 4.53. The molecule has 1 rings (SSSR count). The summed E-state index contributed by atoms with van der Waals surface area (Å²) in [5, 5.41) is 0. The normalized spacial score (nSPS) is 12.4. The van der Waals surface area contributed by atoms with Crippen molar-refractivity contribution in [3.8, 4) is 0 Å². The number of anilines is 1. The number of rotatable bonds is 7. The van der Waals surface area contributed by atoms with Crippen LogP contribution in [0.1, 0.15) is 43.1 Å². The van der Waals surface area contributed by atoms with E-state index in [1.807, 2.05) is 13.8 Å². The number of ether oxygens (including phenoxy) is 1. The Morgan fingerprint density at radius 1 is 1.30 bits per heavy atom. The van der Waals surface area contributed by atoms with Crippen molar-refractivity contribution < 1.29 is 9.53 Å². The molecule has 1 aromatic rings. The topological polar surface area (TPSA) is 55.6 Å². The zero-order chi connectivity index (χ0) is 15.1. The summed E-state index contributed by atoms with van der Waals surface area (Å²) in [6.45, 7) is 10.8. The van der Waals surface area contributed by atoms with Crippen molar-refractivity contribution in [1.29, 1.82) is 0 Å². The Balaban J connectivity index is 2.71. The molecule has 1 atom stereocenters. The lowest BCUT2D eigenvalue weighted by Crippen LogP contribution is -2.34. The molecule has 0 aliphatic heterocycles. The highest BCUT2D eigenvalue weighted by atomic mass is 16.5. The second-order valence-corrected chi connectivity index (χ2v) is 5.00. The fraction of sp³-hybridized carbons (Fsp3) is 0.562. The van der Waals surface area contributed by atoms with Gasteiger partial charge in [0.25, 0.3) is 0 Å². The fourth-order valence-electron chi connectivity index (χ4n) is 2.15. The van der Waals surface area contributed by atoms with Crippen molar-refractivity contribution in [2.75, 3.05) is 25.4 Å². The minimum Gasteiger partial charge on any atom is -0.457 e. The Labute approximate surface area is 121 Å². The SMILES string of the molecule is CCC(CN(CC)CC)OC(=O)c1ccc(N)cc1C. The van der Waals surface area contributed by atoms with Crippen LogP contribution in [0.4, 0.5) is 5.69 Å². The maximum absolute atomic E-state index is 12.2. The molecular formula is C16H26N2O2. The van der Waals surface area contributed by atoms with E-state index in [2.05, 4.69) is 18.7 Å². The molecule has 0 spiro atoms. The van der Waals surface area contributed by atoms with Gasteiger partial charge in [-0.3, -0.25) is 0 Å². The second-order valence-electron chi connectivity index (χ2n) is 5.00. The molecule has 4 nitrogen and oxygen atoms in total. The smallest absolute Gasteiger partial charge is 0.338 e. The molecule has 4 heteroatoms. The summed E-state index contributed by atoms with van der Waals surface area (Å²) in [5.74, 6) is -0.262. The molecule has 0 heterocycles. The van der Waals surface area contributed by atoms with Crippen molar-refractivity contribution in [3.63, 3.8) is 0 Å². The zero-order valence-electron chi connectivity index (χ0n) is 13.0. The molecule has 20 heavy (non-hydrogen) atoms. The van der Waals surface area contributed by atoms with E-state index in [4.69, 9.17) is 10.5 Å². The molecule has 1 unspecified atom stereocenters. The van der Waals surface area contributed by atoms with Crippen molar-refractivity contribution in [3.05, 3.63) is 29.3 Å². The van der Waals surface area contributed by atoms with Crippen molar-refractivity contribution in [1.82, 2.24) is 4.90 Å². The molecule has 0 aromatic heterocycles. The number of nitrogens with zero attached hydrogens (tertiary/aromatic N) is 1. The van der Waals surface area contributed by atoms with Gasteiger partial charge in [0.15, 0.2) is 0 Å². The predicted molar refractivity (Wildman–Crippen MR) is 82.9 cm³/mol. The first kappa shape index (κ1) is 16.5. The number of hydrogen-bond acceptors (Lipinski definition) is 4. The Kier molecular flexibility index (Phi) is 6.52. The minimum absolute atomic E-state index is 0.0700. The molecule has 2 N–H and O–H groups in total. The molecule has 0 aliphatic rings. The van der Waals surface area contributed by atoms with E-state index in [-0.39, 0.29) is 12.1 Å². The van der Waals surface area contributed by atoms with Crippen molar-refractivity contribution >= 4 is 11.7 Å². The first-order chi connectivity index (χ1) is 9.51. The number of carbonyl (C=O) groups excluding carboxylic acids is 1. The third-order valence-corrected chi connectivity index (χ3v) is 3.56. The van der Waals surface area contributed by atoms with Gasteiger partial charge < -0.3 is 15.4 Å². The van der Waals surface area contributed by atoms with Crippen molar-refractivity contribution in [2.45, 2.75) is 40.2 Å². The van der Waals surface area contributed by atoms with E-state index < -0.39 is 0 Å². The van der Waals surface area contributed by atoms with Crippen LogP contribution < -0.4 is 5.73 Å². The fourth-order valence-corrected chi connectivity index (χ4v) is 2.15. The van der Waals surface area contributed by atoms with E-state index >= 15 is 0 Å². The van der Waals surface area contributed by atoms with Gasteiger partial charge in [-0.15, -0.1) is 0 Å². The molecule has 1 aromatic carbocycles. The number of aryl methyl sites for hydroxylation is 1. The van der Waals surface area contributed by atoms with Gasteiger partial charge in [0, 0.05) is 12.2 Å². The molecule has 0 aliphatic carbocycles. The minimum atomic E-state index is -0.262. The van der Waals surface area contributed by atoms with E-state index in [1.54, 1.807) is 18.2 Å². The summed E-state index contributed by atoms with van der Waals surface area (Å²) >= 11 is 0. The van der Waals surface area contributed by atoms with Crippen LogP contribution in [0.3, 0.4) is 0 Å². The van der Waals surface area contributed by atoms with Gasteiger partial charge in [-0.05, 0) is 50.2 Å². The number of likely N-dealkylation sites (N-methyl/N-ethyl adjacent to an activating group) is 1. The van der Waals surface area contributed by atoms with Crippen LogP contribution in [0.15, 0.2) is 18.2 Å². The molecule has 112 valence electrons. The highest BCUT2D eigenvalue weighted by Crippen LogP contribution is 2.15. The van der Waals surface area contributed by atoms with Crippen LogP contribution in [0.2, 0.25) is 0 Å². The third-order valence-electron chi connectivity index (χ3n) is 3.56. The van der Waals surface area contributed by atoms with Crippen LogP contribution in [-0.4, -0.2) is 36.6 Å². The number of esters is 1. The Morgan fingerprint density at radius 2 is 1.95 bits per heavy atom. The number of hydrogen-bond donors (Lipinski definition) is 1. The van der Waals surface area contributed by atoms with Crippen LogP contribution >= 0.6 is 0 Å². The quantitative estimate of drug-likeness (QED) is 0.615. The van der Waals surface area contributed by atoms with Gasteiger partial charge in [0.2, 0.25) is 0 Å². The van der Waals surface area contributed by atoms with Crippen LogP contribution in [0.25, 0.3) is 0 Å². The average molecular weight is 278 g/mol. The summed E-state index contributed by atoms with van der Waals surface area (Å²) in [7, 11) is 0. The summed E-state index contributed by atoms with van der Waals surface area (Å²) in [4.78, 5) is 14.5. The monoisotopic (exact) mass is 278 g/mol. The summed E-state index contributed by atoms with van der Waals surface area (Å²) in [6, 6.07) is 5.26. The molecular weight excluding hydrogens is 252 g/mol. The average Bonchev–Trinajstić information content (AvgIpc) is 2.43. The van der Waals surface area contributed by atoms with E-state index in [0.717, 1.165) is 31.6 Å². The molecule has 0 radical (unpaired) electrons. The van der Waals surface area contributed by atoms with Gasteiger partial charge in [-0.1, -0.05) is 20.8 Å². The highest BCUT2D eigenvalue weighted by Gasteiger charge is 2.18. The van der Waals surface area contributed by atoms with E-state index in [0.29, 0.717) is 11.3 Å². The first-order valence-electron chi connectivity index (χ1n) is 7.31.